The van der Waals surface area contributed by atoms with Crippen LogP contribution in [0, 0.1) is 0 Å². The highest BCUT2D eigenvalue weighted by molar-refractivity contribution is 7.11. The molecule has 3 amide bonds. The van der Waals surface area contributed by atoms with Crippen LogP contribution in [0.3, 0.4) is 0 Å². The van der Waals surface area contributed by atoms with Crippen molar-refractivity contribution in [1.29, 1.82) is 0 Å². The Bertz CT molecular complexity index is 2860. The molecule has 0 unspecified atom stereocenters. The molecule has 0 saturated carbocycles. The van der Waals surface area contributed by atoms with Crippen molar-refractivity contribution in [2.24, 2.45) is 7.05 Å². The Morgan fingerprint density at radius 1 is 0.508 bits per heavy atom. The number of amides is 3. The van der Waals surface area contributed by atoms with Crippen LogP contribution in [0.5, 0.6) is 0 Å². The monoisotopic (exact) mass is 873 g/mol. The number of halogens is 1. The highest BCUT2D eigenvalue weighted by Gasteiger charge is 2.12. The van der Waals surface area contributed by atoms with Crippen LogP contribution in [0.1, 0.15) is 30.5 Å². The molecule has 0 radical (unpaired) electrons. The number of aryl methyl sites for hydroxylation is 1. The summed E-state index contributed by atoms with van der Waals surface area (Å²) in [6.07, 6.45) is 18.9. The van der Waals surface area contributed by atoms with Crippen molar-refractivity contribution in [2.45, 2.75) is 0 Å². The van der Waals surface area contributed by atoms with Crippen molar-refractivity contribution < 1.29 is 14.4 Å². The normalized spacial score (nSPS) is 10.3. The van der Waals surface area contributed by atoms with Gasteiger partial charge in [-0.05, 0) is 60.7 Å². The molecule has 0 bridgehead atoms. The van der Waals surface area contributed by atoms with E-state index in [1.54, 1.807) is 103 Å². The molecule has 0 fully saturated rings. The molecule has 0 aliphatic rings. The number of imidazole rings is 1. The summed E-state index contributed by atoms with van der Waals surface area (Å²) in [7, 11) is 1.75. The summed E-state index contributed by atoms with van der Waals surface area (Å²) in [5, 5.41) is 8.74. The van der Waals surface area contributed by atoms with Crippen LogP contribution in [-0.4, -0.2) is 77.1 Å². The lowest BCUT2D eigenvalue weighted by atomic mass is 10.2. The molecule has 9 aromatic rings. The van der Waals surface area contributed by atoms with Crippen molar-refractivity contribution in [3.8, 4) is 34.6 Å². The molecule has 8 aromatic heterocycles. The van der Waals surface area contributed by atoms with E-state index in [0.717, 1.165) is 0 Å². The van der Waals surface area contributed by atoms with Crippen molar-refractivity contribution in [3.63, 3.8) is 0 Å². The number of anilines is 3. The molecule has 0 saturated heterocycles. The lowest BCUT2D eigenvalue weighted by Crippen LogP contribution is -2.15. The van der Waals surface area contributed by atoms with E-state index in [4.69, 9.17) is 11.6 Å². The van der Waals surface area contributed by atoms with Crippen molar-refractivity contribution >= 4 is 57.7 Å². The second-order valence-electron chi connectivity index (χ2n) is 12.7. The fourth-order valence-corrected chi connectivity index (χ4v) is 5.80. The van der Waals surface area contributed by atoms with Gasteiger partial charge in [-0.15, -0.1) is 11.3 Å². The minimum atomic E-state index is -0.260. The van der Waals surface area contributed by atoms with Crippen LogP contribution >= 0.6 is 22.9 Å². The number of aromatic nitrogens is 12. The van der Waals surface area contributed by atoms with Crippen molar-refractivity contribution in [2.75, 3.05) is 16.0 Å². The number of benzene rings is 1. The van der Waals surface area contributed by atoms with Crippen LogP contribution in [0.4, 0.5) is 17.1 Å². The Labute approximate surface area is 367 Å². The molecular formula is C43H32ClN15O3S. The molecule has 0 spiro atoms. The largest absolute Gasteiger partial charge is 0.330 e. The van der Waals surface area contributed by atoms with Gasteiger partial charge in [0, 0.05) is 36.2 Å². The first-order chi connectivity index (χ1) is 30.8. The second kappa shape index (κ2) is 21.1. The summed E-state index contributed by atoms with van der Waals surface area (Å²) in [6, 6.07) is 23.2. The van der Waals surface area contributed by atoms with Gasteiger partial charge in [0.1, 0.15) is 27.7 Å². The quantitative estimate of drug-likeness (QED) is 0.130. The van der Waals surface area contributed by atoms with E-state index < -0.39 is 0 Å². The Morgan fingerprint density at radius 2 is 0.952 bits per heavy atom. The number of nitrogens with one attached hydrogen (secondary N) is 3. The van der Waals surface area contributed by atoms with Gasteiger partial charge in [-0.25, -0.2) is 34.9 Å². The van der Waals surface area contributed by atoms with Gasteiger partial charge in [0.2, 0.25) is 0 Å². The molecule has 0 aliphatic carbocycles. The van der Waals surface area contributed by atoms with Crippen molar-refractivity contribution in [1.82, 2.24) is 59.4 Å². The van der Waals surface area contributed by atoms with E-state index in [1.807, 2.05) is 54.6 Å². The average Bonchev–Trinajstić information content (AvgIpc) is 4.04. The van der Waals surface area contributed by atoms with Crippen LogP contribution in [0.25, 0.3) is 34.6 Å². The molecule has 20 heteroatoms. The van der Waals surface area contributed by atoms with Gasteiger partial charge in [-0.3, -0.25) is 34.3 Å². The Balaban J connectivity index is 0.000000142. The van der Waals surface area contributed by atoms with Gasteiger partial charge >= 0.3 is 0 Å². The molecule has 8 heterocycles. The number of hydrogen-bond acceptors (Lipinski definition) is 15. The standard InChI is InChI=1S/C16H11ClN4O.C14H12N6O.C13H9N5OS/c17-12-6-4-11(5-7-12)16(22)21-13-9-19-15(20-10-13)14-3-1-2-8-18-14;1-20-9-15-8-12(20)14(21)19-10-6-17-13(18-7-10)11-4-2-3-5-16-11;19-13(11-7-14-8-20-11)18-9-5-16-12(17-6-9)10-3-1-2-4-15-10/h1-10H,(H,21,22);2-9H,1H3,(H,19,21);1-8H,(H,18,19). The van der Waals surface area contributed by atoms with E-state index in [-0.39, 0.29) is 17.7 Å². The van der Waals surface area contributed by atoms with Gasteiger partial charge in [0.25, 0.3) is 17.7 Å². The van der Waals surface area contributed by atoms with E-state index in [1.165, 1.54) is 23.7 Å². The summed E-state index contributed by atoms with van der Waals surface area (Å²) >= 11 is 7.07. The average molecular weight is 874 g/mol. The highest BCUT2D eigenvalue weighted by atomic mass is 35.5. The van der Waals surface area contributed by atoms with E-state index in [9.17, 15) is 14.4 Å². The topological polar surface area (TPSA) is 234 Å². The summed E-state index contributed by atoms with van der Waals surface area (Å²) < 4.78 is 1.64. The van der Waals surface area contributed by atoms with Crippen LogP contribution in [0.2, 0.25) is 5.02 Å². The smallest absolute Gasteiger partial charge is 0.274 e. The third kappa shape index (κ3) is 12.0. The maximum absolute atomic E-state index is 12.1. The third-order valence-electron chi connectivity index (χ3n) is 8.22. The maximum Gasteiger partial charge on any atom is 0.274 e. The molecule has 0 atom stereocenters. The minimum Gasteiger partial charge on any atom is -0.330 e. The molecular weight excluding hydrogens is 842 g/mol. The predicted octanol–water partition coefficient (Wildman–Crippen LogP) is 7.22. The SMILES string of the molecule is Cn1cncc1C(=O)Nc1cnc(-c2ccccn2)nc1.O=C(Nc1cnc(-c2ccccn2)nc1)c1ccc(Cl)cc1.O=C(Nc1cnc(-c2ccccn2)nc1)c1cncs1. The Morgan fingerprint density at radius 3 is 1.33 bits per heavy atom. The molecule has 63 heavy (non-hydrogen) atoms. The summed E-state index contributed by atoms with van der Waals surface area (Å²) in [5.41, 5.74) is 6.19. The number of nitrogens with zero attached hydrogens (tertiary/aromatic N) is 12. The van der Waals surface area contributed by atoms with Gasteiger partial charge < -0.3 is 20.5 Å². The zero-order valence-corrected chi connectivity index (χ0v) is 34.5. The lowest BCUT2D eigenvalue weighted by molar-refractivity contribution is 0.101. The number of hydrogen-bond donors (Lipinski definition) is 3. The molecule has 3 N–H and O–H groups in total. The Kier molecular flexibility index (Phi) is 14.3. The van der Waals surface area contributed by atoms with Crippen LogP contribution < -0.4 is 16.0 Å². The maximum atomic E-state index is 12.1. The van der Waals surface area contributed by atoms with E-state index in [2.05, 4.69) is 70.8 Å². The first kappa shape index (κ1) is 42.6. The fourth-order valence-electron chi connectivity index (χ4n) is 5.16. The zero-order valence-electron chi connectivity index (χ0n) is 32.9. The molecule has 1 aromatic carbocycles. The van der Waals surface area contributed by atoms with Gasteiger partial charge in [-0.2, -0.15) is 0 Å². The molecule has 310 valence electrons. The molecule has 18 nitrogen and oxygen atoms in total. The summed E-state index contributed by atoms with van der Waals surface area (Å²) in [6.45, 7) is 0. The first-order valence-corrected chi connectivity index (χ1v) is 19.8. The van der Waals surface area contributed by atoms with Gasteiger partial charge in [0.05, 0.1) is 78.5 Å². The fraction of sp³-hybridized carbons (Fsp3) is 0.0233. The van der Waals surface area contributed by atoms with Crippen LogP contribution in [0.15, 0.2) is 159 Å². The van der Waals surface area contributed by atoms with E-state index in [0.29, 0.717) is 72.8 Å². The lowest BCUT2D eigenvalue weighted by Gasteiger charge is -2.05. The summed E-state index contributed by atoms with van der Waals surface area (Å²) in [5.74, 6) is 0.803. The minimum absolute atomic E-state index is 0.221. The number of thiazole rings is 1. The van der Waals surface area contributed by atoms with E-state index >= 15 is 0 Å². The predicted molar refractivity (Wildman–Crippen MR) is 236 cm³/mol. The number of carbonyl (C=O) groups is 3. The number of rotatable bonds is 9. The number of carbonyl (C=O) groups excluding carboxylic acids is 3. The Hall–Kier alpha value is -8.55. The van der Waals surface area contributed by atoms with Gasteiger partial charge in [-0.1, -0.05) is 29.8 Å². The molecule has 9 rings (SSSR count). The second-order valence-corrected chi connectivity index (χ2v) is 14.0. The van der Waals surface area contributed by atoms with Crippen molar-refractivity contribution in [3.05, 3.63) is 180 Å². The van der Waals surface area contributed by atoms with Gasteiger partial charge in [0.15, 0.2) is 17.5 Å². The zero-order chi connectivity index (χ0) is 43.8. The summed E-state index contributed by atoms with van der Waals surface area (Å²) in [4.78, 5) is 81.8. The third-order valence-corrected chi connectivity index (χ3v) is 9.25. The molecule has 0 aliphatic heterocycles. The number of pyridine rings is 3. The highest BCUT2D eigenvalue weighted by Crippen LogP contribution is 2.17. The van der Waals surface area contributed by atoms with Crippen LogP contribution in [-0.2, 0) is 7.05 Å². The first-order valence-electron chi connectivity index (χ1n) is 18.5.